The fourth-order valence-corrected chi connectivity index (χ4v) is 4.31. The zero-order valence-electron chi connectivity index (χ0n) is 17.9. The van der Waals surface area contributed by atoms with Crippen LogP contribution in [0, 0.1) is 0 Å². The molecule has 0 aliphatic carbocycles. The van der Waals surface area contributed by atoms with E-state index in [2.05, 4.69) is 0 Å². The van der Waals surface area contributed by atoms with Gasteiger partial charge in [-0.1, -0.05) is 42.5 Å². The zero-order chi connectivity index (χ0) is 22.2. The highest BCUT2D eigenvalue weighted by molar-refractivity contribution is 6.08. The van der Waals surface area contributed by atoms with Crippen LogP contribution >= 0.6 is 0 Å². The van der Waals surface area contributed by atoms with Gasteiger partial charge in [0.25, 0.3) is 5.56 Å². The molecule has 0 fully saturated rings. The van der Waals surface area contributed by atoms with Gasteiger partial charge in [-0.15, -0.1) is 0 Å². The molecule has 0 amide bonds. The van der Waals surface area contributed by atoms with Gasteiger partial charge in [0.1, 0.15) is 17.1 Å². The van der Waals surface area contributed by atoms with Crippen LogP contribution in [0.2, 0.25) is 0 Å². The highest BCUT2D eigenvalue weighted by Gasteiger charge is 2.33. The fourth-order valence-electron chi connectivity index (χ4n) is 4.31. The molecule has 1 aliphatic rings. The number of methoxy groups -OCH3 is 1. The maximum absolute atomic E-state index is 13.2. The second-order valence-corrected chi connectivity index (χ2v) is 7.82. The molecule has 6 heteroatoms. The number of hydrogen-bond acceptors (Lipinski definition) is 5. The Bertz CT molecular complexity index is 1380. The summed E-state index contributed by atoms with van der Waals surface area (Å²) in [5, 5.41) is 18.5. The third-order valence-corrected chi connectivity index (χ3v) is 6.00. The molecule has 1 aliphatic heterocycles. The molecule has 6 nitrogen and oxygen atoms in total. The molecule has 2 heterocycles. The molecule has 0 radical (unpaired) electrons. The van der Waals surface area contributed by atoms with Crippen LogP contribution < -0.4 is 15.3 Å². The number of pyridine rings is 1. The topological polar surface area (TPSA) is 67.1 Å². The first kappa shape index (κ1) is 19.9. The van der Waals surface area contributed by atoms with Crippen molar-refractivity contribution in [3.63, 3.8) is 0 Å². The number of aromatic hydroxyl groups is 1. The quantitative estimate of drug-likeness (QED) is 0.519. The molecule has 32 heavy (non-hydrogen) atoms. The molecule has 1 atom stereocenters. The van der Waals surface area contributed by atoms with Crippen molar-refractivity contribution in [1.29, 1.82) is 0 Å². The molecule has 5 rings (SSSR count). The number of benzene rings is 3. The highest BCUT2D eigenvalue weighted by atomic mass is 16.5. The third kappa shape index (κ3) is 3.21. The molecule has 1 N–H and O–H groups in total. The van der Waals surface area contributed by atoms with Gasteiger partial charge < -0.3 is 14.4 Å². The second-order valence-electron chi connectivity index (χ2n) is 7.82. The minimum absolute atomic E-state index is 0.0224. The number of aryl methyl sites for hydroxylation is 1. The Morgan fingerprint density at radius 1 is 0.969 bits per heavy atom. The normalized spacial score (nSPS) is 15.8. The summed E-state index contributed by atoms with van der Waals surface area (Å²) >= 11 is 0. The average molecular weight is 425 g/mol. The Balaban J connectivity index is 1.66. The molecule has 1 aromatic heterocycles. The van der Waals surface area contributed by atoms with Gasteiger partial charge in [-0.25, -0.2) is 0 Å². The van der Waals surface area contributed by atoms with Crippen molar-refractivity contribution in [2.24, 2.45) is 12.1 Å². The van der Waals surface area contributed by atoms with Crippen LogP contribution in [0.3, 0.4) is 0 Å². The summed E-state index contributed by atoms with van der Waals surface area (Å²) in [6, 6.07) is 24.9. The Hall–Kier alpha value is -4.06. The molecule has 0 spiro atoms. The predicted octanol–water partition coefficient (Wildman–Crippen LogP) is 4.61. The predicted molar refractivity (Wildman–Crippen MR) is 127 cm³/mol. The molecule has 0 saturated carbocycles. The summed E-state index contributed by atoms with van der Waals surface area (Å²) in [5.74, 6) is 0.756. The lowest BCUT2D eigenvalue weighted by Crippen LogP contribution is -2.24. The van der Waals surface area contributed by atoms with Crippen LogP contribution in [-0.4, -0.2) is 22.5 Å². The summed E-state index contributed by atoms with van der Waals surface area (Å²) in [5.41, 5.74) is 3.21. The first-order valence-electron chi connectivity index (χ1n) is 10.4. The minimum atomic E-state index is -0.261. The van der Waals surface area contributed by atoms with Gasteiger partial charge in [0.2, 0.25) is 0 Å². The van der Waals surface area contributed by atoms with Crippen LogP contribution in [-0.2, 0) is 7.05 Å². The van der Waals surface area contributed by atoms with Crippen molar-refractivity contribution in [2.45, 2.75) is 12.5 Å². The molecule has 3 aromatic carbocycles. The van der Waals surface area contributed by atoms with Crippen molar-refractivity contribution in [3.05, 3.63) is 100 Å². The van der Waals surface area contributed by atoms with Gasteiger partial charge in [-0.05, 0) is 42.0 Å². The number of hydrogen-bond donors (Lipinski definition) is 1. The number of nitrogens with zero attached hydrogens (tertiary/aromatic N) is 3. The smallest absolute Gasteiger partial charge is 0.263 e. The summed E-state index contributed by atoms with van der Waals surface area (Å²) in [7, 11) is 3.36. The molecule has 0 saturated heterocycles. The molecule has 1 unspecified atom stereocenters. The largest absolute Gasteiger partial charge is 0.506 e. The van der Waals surface area contributed by atoms with Gasteiger partial charge in [0.15, 0.2) is 0 Å². The number of aromatic nitrogens is 1. The molecule has 0 bridgehead atoms. The Kier molecular flexibility index (Phi) is 4.90. The lowest BCUT2D eigenvalue weighted by molar-refractivity contribution is 0.414. The molecule has 4 aromatic rings. The minimum Gasteiger partial charge on any atom is -0.506 e. The van der Waals surface area contributed by atoms with E-state index < -0.39 is 0 Å². The Labute approximate surface area is 185 Å². The lowest BCUT2D eigenvalue weighted by atomic mass is 9.97. The van der Waals surface area contributed by atoms with E-state index in [9.17, 15) is 9.90 Å². The molecular weight excluding hydrogens is 402 g/mol. The number of anilines is 1. The van der Waals surface area contributed by atoms with E-state index in [-0.39, 0.29) is 22.9 Å². The van der Waals surface area contributed by atoms with Crippen LogP contribution in [0.5, 0.6) is 11.5 Å². The highest BCUT2D eigenvalue weighted by Crippen LogP contribution is 2.38. The van der Waals surface area contributed by atoms with Crippen molar-refractivity contribution in [3.8, 4) is 11.5 Å². The SMILES string of the molecule is COc1ccc(C2CC(c3c(O)c4ccccc4n(C)c3=O)=NN2c2ccccc2)cc1. The van der Waals surface area contributed by atoms with Gasteiger partial charge in [-0.3, -0.25) is 9.80 Å². The summed E-state index contributed by atoms with van der Waals surface area (Å²) in [6.45, 7) is 0. The number of ether oxygens (including phenoxy) is 1. The summed E-state index contributed by atoms with van der Waals surface area (Å²) in [6.07, 6.45) is 0.488. The van der Waals surface area contributed by atoms with Gasteiger partial charge >= 0.3 is 0 Å². The second kappa shape index (κ2) is 7.89. The van der Waals surface area contributed by atoms with E-state index in [1.807, 2.05) is 83.9 Å². The van der Waals surface area contributed by atoms with E-state index in [1.54, 1.807) is 18.7 Å². The number of fused-ring (bicyclic) bond motifs is 1. The number of hydrazone groups is 1. The standard InChI is InChI=1S/C26H23N3O3/c1-28-22-11-7-6-10-20(22)25(30)24(26(28)31)21-16-23(17-12-14-19(32-2)15-13-17)29(27-21)18-8-4-3-5-9-18/h3-15,23,30H,16H2,1-2H3. The van der Waals surface area contributed by atoms with Crippen LogP contribution in [0.1, 0.15) is 23.6 Å². The van der Waals surface area contributed by atoms with E-state index in [0.717, 1.165) is 17.0 Å². The van der Waals surface area contributed by atoms with Crippen LogP contribution in [0.15, 0.2) is 88.8 Å². The maximum atomic E-state index is 13.2. The Morgan fingerprint density at radius 3 is 2.38 bits per heavy atom. The Morgan fingerprint density at radius 2 is 1.66 bits per heavy atom. The first-order valence-corrected chi connectivity index (χ1v) is 10.4. The fraction of sp³-hybridized carbons (Fsp3) is 0.154. The summed E-state index contributed by atoms with van der Waals surface area (Å²) < 4.78 is 6.87. The maximum Gasteiger partial charge on any atom is 0.263 e. The molecule has 160 valence electrons. The molecular formula is C26H23N3O3. The van der Waals surface area contributed by atoms with E-state index in [4.69, 9.17) is 9.84 Å². The van der Waals surface area contributed by atoms with Gasteiger partial charge in [-0.2, -0.15) is 5.10 Å². The van der Waals surface area contributed by atoms with Gasteiger partial charge in [0, 0.05) is 18.9 Å². The van der Waals surface area contributed by atoms with Crippen molar-refractivity contribution >= 4 is 22.3 Å². The van der Waals surface area contributed by atoms with E-state index >= 15 is 0 Å². The van der Waals surface area contributed by atoms with Crippen molar-refractivity contribution in [2.75, 3.05) is 12.1 Å². The zero-order valence-corrected chi connectivity index (χ0v) is 17.9. The first-order chi connectivity index (χ1) is 15.6. The number of para-hydroxylation sites is 2. The van der Waals surface area contributed by atoms with Crippen molar-refractivity contribution < 1.29 is 9.84 Å². The lowest BCUT2D eigenvalue weighted by Gasteiger charge is -2.24. The number of rotatable bonds is 4. The van der Waals surface area contributed by atoms with Crippen molar-refractivity contribution in [1.82, 2.24) is 4.57 Å². The third-order valence-electron chi connectivity index (χ3n) is 6.00. The van der Waals surface area contributed by atoms with E-state index in [1.165, 1.54) is 0 Å². The summed E-state index contributed by atoms with van der Waals surface area (Å²) in [4.78, 5) is 13.2. The average Bonchev–Trinajstić information content (AvgIpc) is 3.28. The van der Waals surface area contributed by atoms with Gasteiger partial charge in [0.05, 0.1) is 30.1 Å². The monoisotopic (exact) mass is 425 g/mol. The van der Waals surface area contributed by atoms with E-state index in [0.29, 0.717) is 23.0 Å². The van der Waals surface area contributed by atoms with Crippen LogP contribution in [0.4, 0.5) is 5.69 Å². The van der Waals surface area contributed by atoms with Crippen LogP contribution in [0.25, 0.3) is 10.9 Å².